The number of Topliss-reactive ketones (excluding diaryl/α,β-unsaturated/α-hetero) is 1. The standard InChI is InChI=1S/C16H19N2O/c1-16(2,3)15-12-18(10-9-17-15)11-14(19)13-7-5-4-6-8-13/h4-10,12H,11H2,1-3H3/q+1. The molecule has 0 N–H and O–H groups in total. The van der Waals surface area contributed by atoms with Crippen molar-refractivity contribution in [2.45, 2.75) is 32.7 Å². The fourth-order valence-corrected chi connectivity index (χ4v) is 1.80. The first-order valence-electron chi connectivity index (χ1n) is 6.40. The van der Waals surface area contributed by atoms with Crippen molar-refractivity contribution in [1.82, 2.24) is 4.98 Å². The Morgan fingerprint density at radius 1 is 1.21 bits per heavy atom. The van der Waals surface area contributed by atoms with Gasteiger partial charge in [0.15, 0.2) is 12.4 Å². The second kappa shape index (κ2) is 5.31. The predicted octanol–water partition coefficient (Wildman–Crippen LogP) is 2.55. The summed E-state index contributed by atoms with van der Waals surface area (Å²) in [5.74, 6) is 0.108. The Balaban J connectivity index is 2.18. The lowest BCUT2D eigenvalue weighted by atomic mass is 9.93. The molecule has 3 heteroatoms. The summed E-state index contributed by atoms with van der Waals surface area (Å²) in [6.07, 6.45) is 5.52. The van der Waals surface area contributed by atoms with Gasteiger partial charge in [0.25, 0.3) is 0 Å². The maximum atomic E-state index is 12.1. The summed E-state index contributed by atoms with van der Waals surface area (Å²) in [6.45, 7) is 6.67. The lowest BCUT2D eigenvalue weighted by Crippen LogP contribution is -2.39. The van der Waals surface area contributed by atoms with Crippen molar-refractivity contribution >= 4 is 5.78 Å². The Morgan fingerprint density at radius 3 is 2.53 bits per heavy atom. The molecule has 0 fully saturated rings. The van der Waals surface area contributed by atoms with Crippen molar-refractivity contribution in [3.63, 3.8) is 0 Å². The molecule has 0 aliphatic carbocycles. The molecule has 0 bridgehead atoms. The van der Waals surface area contributed by atoms with E-state index in [1.165, 1.54) is 0 Å². The summed E-state index contributed by atoms with van der Waals surface area (Å²) in [5.41, 5.74) is 1.71. The number of hydrogen-bond donors (Lipinski definition) is 0. The Morgan fingerprint density at radius 2 is 1.89 bits per heavy atom. The fourth-order valence-electron chi connectivity index (χ4n) is 1.80. The number of ketones is 1. The molecular formula is C16H19N2O+. The summed E-state index contributed by atoms with van der Waals surface area (Å²) in [6, 6.07) is 9.35. The highest BCUT2D eigenvalue weighted by atomic mass is 16.1. The van der Waals surface area contributed by atoms with Gasteiger partial charge in [0.05, 0.1) is 6.20 Å². The zero-order valence-corrected chi connectivity index (χ0v) is 11.6. The summed E-state index contributed by atoms with van der Waals surface area (Å²) < 4.78 is 1.89. The number of rotatable bonds is 3. The highest BCUT2D eigenvalue weighted by molar-refractivity contribution is 5.94. The van der Waals surface area contributed by atoms with Crippen LogP contribution in [-0.4, -0.2) is 10.8 Å². The molecular weight excluding hydrogens is 236 g/mol. The summed E-state index contributed by atoms with van der Waals surface area (Å²) in [5, 5.41) is 0. The first-order chi connectivity index (χ1) is 8.97. The molecule has 0 saturated heterocycles. The van der Waals surface area contributed by atoms with Crippen LogP contribution in [0.4, 0.5) is 0 Å². The van der Waals surface area contributed by atoms with Crippen molar-refractivity contribution < 1.29 is 9.36 Å². The molecule has 1 heterocycles. The van der Waals surface area contributed by atoms with E-state index < -0.39 is 0 Å². The van der Waals surface area contributed by atoms with Crippen LogP contribution in [0.1, 0.15) is 36.8 Å². The van der Waals surface area contributed by atoms with E-state index in [0.717, 1.165) is 11.3 Å². The molecule has 2 aromatic rings. The van der Waals surface area contributed by atoms with Crippen LogP contribution in [0, 0.1) is 0 Å². The molecule has 19 heavy (non-hydrogen) atoms. The van der Waals surface area contributed by atoms with Crippen molar-refractivity contribution in [3.8, 4) is 0 Å². The first kappa shape index (κ1) is 13.4. The molecule has 0 aliphatic heterocycles. The minimum absolute atomic E-state index is 0.0151. The molecule has 0 aliphatic rings. The molecule has 98 valence electrons. The zero-order chi connectivity index (χ0) is 13.9. The van der Waals surface area contributed by atoms with Gasteiger partial charge in [-0.1, -0.05) is 51.1 Å². The predicted molar refractivity (Wildman–Crippen MR) is 73.9 cm³/mol. The molecule has 1 aromatic carbocycles. The van der Waals surface area contributed by atoms with Crippen LogP contribution in [0.3, 0.4) is 0 Å². The van der Waals surface area contributed by atoms with Crippen molar-refractivity contribution in [2.75, 3.05) is 0 Å². The van der Waals surface area contributed by atoms with Gasteiger partial charge in [-0.2, -0.15) is 4.57 Å². The van der Waals surface area contributed by atoms with Crippen LogP contribution in [-0.2, 0) is 12.0 Å². The van der Waals surface area contributed by atoms with Crippen molar-refractivity contribution in [3.05, 3.63) is 60.2 Å². The maximum absolute atomic E-state index is 12.1. The Labute approximate surface area is 113 Å². The van der Waals surface area contributed by atoms with Gasteiger partial charge in [-0.05, 0) is 0 Å². The molecule has 0 unspecified atom stereocenters. The maximum Gasteiger partial charge on any atom is 0.227 e. The molecule has 1 aromatic heterocycles. The van der Waals surface area contributed by atoms with Gasteiger partial charge in [0.2, 0.25) is 12.3 Å². The van der Waals surface area contributed by atoms with Crippen LogP contribution in [0.5, 0.6) is 0 Å². The van der Waals surface area contributed by atoms with Crippen molar-refractivity contribution in [2.24, 2.45) is 0 Å². The van der Waals surface area contributed by atoms with E-state index in [-0.39, 0.29) is 11.2 Å². The van der Waals surface area contributed by atoms with Crippen LogP contribution in [0.15, 0.2) is 48.9 Å². The molecule has 0 saturated carbocycles. The zero-order valence-electron chi connectivity index (χ0n) is 11.6. The van der Waals surface area contributed by atoms with E-state index in [2.05, 4.69) is 25.8 Å². The third-order valence-electron chi connectivity index (χ3n) is 2.95. The number of carbonyl (C=O) groups is 1. The number of carbonyl (C=O) groups excluding carboxylic acids is 1. The average molecular weight is 255 g/mol. The summed E-state index contributed by atoms with van der Waals surface area (Å²) >= 11 is 0. The largest absolute Gasteiger partial charge is 0.287 e. The Bertz CT molecular complexity index is 571. The summed E-state index contributed by atoms with van der Waals surface area (Å²) in [7, 11) is 0. The van der Waals surface area contributed by atoms with Gasteiger partial charge in [-0.15, -0.1) is 0 Å². The van der Waals surface area contributed by atoms with Crippen LogP contribution < -0.4 is 4.57 Å². The minimum Gasteiger partial charge on any atom is -0.287 e. The average Bonchev–Trinajstić information content (AvgIpc) is 2.39. The third-order valence-corrected chi connectivity index (χ3v) is 2.95. The van der Waals surface area contributed by atoms with E-state index >= 15 is 0 Å². The van der Waals surface area contributed by atoms with E-state index in [1.54, 1.807) is 6.20 Å². The van der Waals surface area contributed by atoms with Crippen molar-refractivity contribution in [1.29, 1.82) is 0 Å². The lowest BCUT2D eigenvalue weighted by Gasteiger charge is -2.15. The van der Waals surface area contributed by atoms with E-state index in [0.29, 0.717) is 6.54 Å². The lowest BCUT2D eigenvalue weighted by molar-refractivity contribution is -0.684. The van der Waals surface area contributed by atoms with Gasteiger partial charge in [-0.25, -0.2) is 4.98 Å². The first-order valence-corrected chi connectivity index (χ1v) is 6.40. The molecule has 0 atom stereocenters. The smallest absolute Gasteiger partial charge is 0.227 e. The second-order valence-electron chi connectivity index (χ2n) is 5.65. The summed E-state index contributed by atoms with van der Waals surface area (Å²) in [4.78, 5) is 16.5. The van der Waals surface area contributed by atoms with Gasteiger partial charge in [0, 0.05) is 11.0 Å². The monoisotopic (exact) mass is 255 g/mol. The second-order valence-corrected chi connectivity index (χ2v) is 5.65. The Hall–Kier alpha value is -2.03. The number of hydrogen-bond acceptors (Lipinski definition) is 2. The minimum atomic E-state index is -0.0151. The van der Waals surface area contributed by atoms with Crippen LogP contribution >= 0.6 is 0 Å². The number of benzene rings is 1. The van der Waals surface area contributed by atoms with Crippen LogP contribution in [0.2, 0.25) is 0 Å². The highest BCUT2D eigenvalue weighted by Gasteiger charge is 2.20. The molecule has 2 rings (SSSR count). The number of aromatic nitrogens is 2. The van der Waals surface area contributed by atoms with Gasteiger partial charge in [0.1, 0.15) is 5.69 Å². The molecule has 0 spiro atoms. The Kier molecular flexibility index (Phi) is 3.74. The highest BCUT2D eigenvalue weighted by Crippen LogP contribution is 2.17. The molecule has 3 nitrogen and oxygen atoms in total. The fraction of sp³-hybridized carbons (Fsp3) is 0.312. The molecule has 0 amide bonds. The third kappa shape index (κ3) is 3.47. The SMILES string of the molecule is CC(C)(C)c1c[n+](CC(=O)c2ccccc2)ccn1. The van der Waals surface area contributed by atoms with E-state index in [9.17, 15) is 4.79 Å². The van der Waals surface area contributed by atoms with E-state index in [1.807, 2.05) is 47.3 Å². The quantitative estimate of drug-likeness (QED) is 0.624. The van der Waals surface area contributed by atoms with Gasteiger partial charge < -0.3 is 0 Å². The van der Waals surface area contributed by atoms with Gasteiger partial charge in [-0.3, -0.25) is 4.79 Å². The van der Waals surface area contributed by atoms with Crippen LogP contribution in [0.25, 0.3) is 0 Å². The normalized spacial score (nSPS) is 11.3. The number of nitrogens with zero attached hydrogens (tertiary/aromatic N) is 2. The van der Waals surface area contributed by atoms with Gasteiger partial charge >= 0.3 is 0 Å². The molecule has 0 radical (unpaired) electrons. The van der Waals surface area contributed by atoms with E-state index in [4.69, 9.17) is 0 Å². The topological polar surface area (TPSA) is 33.8 Å².